The number of H-pyrrole nitrogens is 1. The molecule has 1 aliphatic heterocycles. The Balaban J connectivity index is 0.00000152. The fourth-order valence-corrected chi connectivity index (χ4v) is 4.28. The maximum atomic E-state index is 13.5. The number of amides is 1. The number of aromatic nitrogens is 3. The van der Waals surface area contributed by atoms with Gasteiger partial charge in [-0.3, -0.25) is 4.79 Å². The quantitative estimate of drug-likeness (QED) is 0.361. The van der Waals surface area contributed by atoms with Gasteiger partial charge in [0.05, 0.1) is 25.7 Å². The number of rotatable bonds is 5. The number of ether oxygens (including phenoxy) is 1. The predicted octanol–water partition coefficient (Wildman–Crippen LogP) is 5.41. The first-order valence-electron chi connectivity index (χ1n) is 10.9. The molecule has 0 saturated heterocycles. The molecule has 7 nitrogen and oxygen atoms in total. The molecular formula is C26H28Cl3N5O2. The Hall–Kier alpha value is -3.26. The highest BCUT2D eigenvalue weighted by atomic mass is 35.5. The van der Waals surface area contributed by atoms with Crippen LogP contribution in [0.4, 0.5) is 5.69 Å². The number of carbonyl (C=O) groups is 1. The maximum absolute atomic E-state index is 13.5. The van der Waals surface area contributed by atoms with E-state index in [1.165, 1.54) is 7.11 Å². The van der Waals surface area contributed by atoms with Gasteiger partial charge in [0.1, 0.15) is 5.56 Å². The minimum absolute atomic E-state index is 0. The van der Waals surface area contributed by atoms with Crippen molar-refractivity contribution in [3.63, 3.8) is 0 Å². The Morgan fingerprint density at radius 1 is 1.00 bits per heavy atom. The van der Waals surface area contributed by atoms with Crippen molar-refractivity contribution in [1.82, 2.24) is 19.9 Å². The number of imidazole rings is 1. The van der Waals surface area contributed by atoms with Crippen LogP contribution in [0.15, 0.2) is 79.4 Å². The lowest BCUT2D eigenvalue weighted by Crippen LogP contribution is -2.35. The molecule has 36 heavy (non-hydrogen) atoms. The first kappa shape index (κ1) is 29.0. The van der Waals surface area contributed by atoms with Crippen LogP contribution in [0.5, 0.6) is 5.88 Å². The highest BCUT2D eigenvalue weighted by Gasteiger charge is 2.26. The van der Waals surface area contributed by atoms with E-state index in [0.29, 0.717) is 37.6 Å². The number of nitrogens with zero attached hydrogens (tertiary/aromatic N) is 4. The average molecular weight is 549 g/mol. The molecule has 10 heteroatoms. The standard InChI is InChI=1S/C26H25N5O2.3ClH/c1-33-25-23(8-5-11-28-25)26(32)31-13-12-30(17-22-15-27-18-29-22)24-10-9-20(14-21(24)16-31)19-6-3-2-4-7-19;;;/h2-11,14-15,18H,12-13,16-17H2,1H3,(H,27,29);3*1H. The molecule has 0 bridgehead atoms. The third kappa shape index (κ3) is 6.10. The zero-order valence-corrected chi connectivity index (χ0v) is 22.1. The Morgan fingerprint density at radius 3 is 2.53 bits per heavy atom. The summed E-state index contributed by atoms with van der Waals surface area (Å²) in [6.45, 7) is 2.48. The van der Waals surface area contributed by atoms with Crippen LogP contribution in [-0.4, -0.2) is 46.0 Å². The molecule has 0 saturated carbocycles. The van der Waals surface area contributed by atoms with Crippen molar-refractivity contribution in [2.45, 2.75) is 13.1 Å². The molecule has 2 aromatic carbocycles. The van der Waals surface area contributed by atoms with Crippen LogP contribution >= 0.6 is 37.2 Å². The van der Waals surface area contributed by atoms with Gasteiger partial charge in [0, 0.05) is 37.7 Å². The van der Waals surface area contributed by atoms with Crippen molar-refractivity contribution in [2.75, 3.05) is 25.1 Å². The third-order valence-electron chi connectivity index (χ3n) is 5.93. The summed E-state index contributed by atoms with van der Waals surface area (Å²) in [6, 6.07) is 20.3. The summed E-state index contributed by atoms with van der Waals surface area (Å²) in [7, 11) is 1.54. The van der Waals surface area contributed by atoms with Crippen molar-refractivity contribution in [2.24, 2.45) is 0 Å². The summed E-state index contributed by atoms with van der Waals surface area (Å²) in [5.74, 6) is 0.263. The molecular weight excluding hydrogens is 521 g/mol. The van der Waals surface area contributed by atoms with Crippen molar-refractivity contribution in [1.29, 1.82) is 0 Å². The van der Waals surface area contributed by atoms with E-state index in [1.807, 2.05) is 29.3 Å². The minimum Gasteiger partial charge on any atom is -0.480 e. The van der Waals surface area contributed by atoms with Gasteiger partial charge in [-0.1, -0.05) is 36.4 Å². The highest BCUT2D eigenvalue weighted by molar-refractivity contribution is 5.96. The molecule has 5 rings (SSSR count). The number of anilines is 1. The van der Waals surface area contributed by atoms with Gasteiger partial charge in [-0.2, -0.15) is 0 Å². The minimum atomic E-state index is -0.0839. The number of aromatic amines is 1. The number of carbonyl (C=O) groups excluding carboxylic acids is 1. The van der Waals surface area contributed by atoms with E-state index in [-0.39, 0.29) is 43.1 Å². The summed E-state index contributed by atoms with van der Waals surface area (Å²) < 4.78 is 5.35. The van der Waals surface area contributed by atoms with Gasteiger partial charge < -0.3 is 19.5 Å². The first-order valence-corrected chi connectivity index (χ1v) is 10.9. The van der Waals surface area contributed by atoms with Gasteiger partial charge in [0.25, 0.3) is 5.91 Å². The summed E-state index contributed by atoms with van der Waals surface area (Å²) in [5, 5.41) is 0. The number of hydrogen-bond donors (Lipinski definition) is 1. The van der Waals surface area contributed by atoms with Crippen molar-refractivity contribution in [3.05, 3.63) is 96.2 Å². The van der Waals surface area contributed by atoms with E-state index in [1.54, 1.807) is 24.7 Å². The molecule has 2 aromatic heterocycles. The molecule has 1 aliphatic rings. The second-order valence-electron chi connectivity index (χ2n) is 7.99. The van der Waals surface area contributed by atoms with Gasteiger partial charge in [-0.15, -0.1) is 37.2 Å². The molecule has 4 aromatic rings. The van der Waals surface area contributed by atoms with Gasteiger partial charge in [-0.25, -0.2) is 9.97 Å². The molecule has 0 atom stereocenters. The van der Waals surface area contributed by atoms with Crippen LogP contribution in [0.3, 0.4) is 0 Å². The summed E-state index contributed by atoms with van der Waals surface area (Å²) in [6.07, 6.45) is 5.16. The number of hydrogen-bond acceptors (Lipinski definition) is 5. The van der Waals surface area contributed by atoms with Gasteiger partial charge in [-0.05, 0) is 41.0 Å². The monoisotopic (exact) mass is 547 g/mol. The largest absolute Gasteiger partial charge is 0.480 e. The number of halogens is 3. The molecule has 0 spiro atoms. The van der Waals surface area contributed by atoms with Crippen LogP contribution in [0.2, 0.25) is 0 Å². The van der Waals surface area contributed by atoms with E-state index in [4.69, 9.17) is 4.74 Å². The van der Waals surface area contributed by atoms with Crippen molar-refractivity contribution >= 4 is 48.8 Å². The van der Waals surface area contributed by atoms with E-state index in [0.717, 1.165) is 28.1 Å². The molecule has 0 unspecified atom stereocenters. The molecule has 0 fully saturated rings. The number of nitrogens with one attached hydrogen (secondary N) is 1. The Kier molecular flexibility index (Phi) is 10.6. The first-order chi connectivity index (χ1) is 16.2. The number of methoxy groups -OCH3 is 1. The summed E-state index contributed by atoms with van der Waals surface area (Å²) >= 11 is 0. The normalized spacial score (nSPS) is 12.2. The lowest BCUT2D eigenvalue weighted by atomic mass is 10.0. The van der Waals surface area contributed by atoms with Crippen molar-refractivity contribution < 1.29 is 9.53 Å². The SMILES string of the molecule is COc1ncccc1C(=O)N1CCN(Cc2cnc[nH]2)c2ccc(-c3ccccc3)cc2C1.Cl.Cl.Cl. The van der Waals surface area contributed by atoms with E-state index >= 15 is 0 Å². The predicted molar refractivity (Wildman–Crippen MR) is 149 cm³/mol. The fraction of sp³-hybridized carbons (Fsp3) is 0.192. The van der Waals surface area contributed by atoms with Crippen molar-refractivity contribution in [3.8, 4) is 17.0 Å². The van der Waals surface area contributed by atoms with E-state index < -0.39 is 0 Å². The Labute approximate surface area is 229 Å². The molecule has 1 N–H and O–H groups in total. The van der Waals surface area contributed by atoms with Crippen LogP contribution < -0.4 is 9.64 Å². The zero-order chi connectivity index (χ0) is 22.6. The Bertz CT molecular complexity index is 1260. The molecule has 3 heterocycles. The molecule has 190 valence electrons. The highest BCUT2D eigenvalue weighted by Crippen LogP contribution is 2.32. The lowest BCUT2D eigenvalue weighted by molar-refractivity contribution is 0.0747. The van der Waals surface area contributed by atoms with Gasteiger partial charge >= 0.3 is 0 Å². The molecule has 0 aliphatic carbocycles. The van der Waals surface area contributed by atoms with E-state index in [2.05, 4.69) is 50.2 Å². The molecule has 0 radical (unpaired) electrons. The van der Waals surface area contributed by atoms with Crippen LogP contribution in [0.1, 0.15) is 21.6 Å². The molecule has 1 amide bonds. The second-order valence-corrected chi connectivity index (χ2v) is 7.99. The number of pyridine rings is 1. The Morgan fingerprint density at radius 2 is 1.81 bits per heavy atom. The second kappa shape index (κ2) is 13.2. The zero-order valence-electron chi connectivity index (χ0n) is 19.7. The average Bonchev–Trinajstić information content (AvgIpc) is 3.32. The fourth-order valence-electron chi connectivity index (χ4n) is 4.28. The van der Waals surface area contributed by atoms with Crippen LogP contribution in [0, 0.1) is 0 Å². The summed E-state index contributed by atoms with van der Waals surface area (Å²) in [5.41, 5.74) is 6.01. The van der Waals surface area contributed by atoms with Gasteiger partial charge in [0.15, 0.2) is 0 Å². The van der Waals surface area contributed by atoms with Crippen LogP contribution in [0.25, 0.3) is 11.1 Å². The summed E-state index contributed by atoms with van der Waals surface area (Å²) in [4.78, 5) is 29.2. The number of benzene rings is 2. The lowest BCUT2D eigenvalue weighted by Gasteiger charge is -2.24. The third-order valence-corrected chi connectivity index (χ3v) is 5.93. The van der Waals surface area contributed by atoms with Gasteiger partial charge in [0.2, 0.25) is 5.88 Å². The topological polar surface area (TPSA) is 74.3 Å². The smallest absolute Gasteiger partial charge is 0.259 e. The number of fused-ring (bicyclic) bond motifs is 1. The van der Waals surface area contributed by atoms with E-state index in [9.17, 15) is 4.79 Å². The van der Waals surface area contributed by atoms with Crippen LogP contribution in [-0.2, 0) is 13.1 Å². The maximum Gasteiger partial charge on any atom is 0.259 e.